The molecule has 1 aliphatic carbocycles. The lowest BCUT2D eigenvalue weighted by molar-refractivity contribution is -0.114. The Morgan fingerprint density at radius 2 is 1.87 bits per heavy atom. The number of pyridine rings is 1. The smallest absolute Gasteiger partial charge is 0.251 e. The molecule has 8 nitrogen and oxygen atoms in total. The van der Waals surface area contributed by atoms with Gasteiger partial charge in [-0.2, -0.15) is 0 Å². The number of primary amides is 1. The van der Waals surface area contributed by atoms with Crippen molar-refractivity contribution < 1.29 is 9.59 Å². The maximum atomic E-state index is 12.2. The van der Waals surface area contributed by atoms with Crippen LogP contribution in [-0.4, -0.2) is 27.8 Å². The fraction of sp³-hybridized carbons (Fsp3) is 0.318. The summed E-state index contributed by atoms with van der Waals surface area (Å²) in [4.78, 5) is 28.7. The third-order valence-corrected chi connectivity index (χ3v) is 5.69. The van der Waals surface area contributed by atoms with Crippen LogP contribution in [0.2, 0.25) is 0 Å². The lowest BCUT2D eigenvalue weighted by atomic mass is 10.0. The summed E-state index contributed by atoms with van der Waals surface area (Å²) in [7, 11) is 0. The largest absolute Gasteiger partial charge is 0.384 e. The Labute approximate surface area is 175 Å². The average Bonchev–Trinajstić information content (AvgIpc) is 3.41. The van der Waals surface area contributed by atoms with Gasteiger partial charge in [-0.25, -0.2) is 5.43 Å². The van der Waals surface area contributed by atoms with Crippen LogP contribution in [0.5, 0.6) is 0 Å². The van der Waals surface area contributed by atoms with E-state index in [1.165, 1.54) is 0 Å². The van der Waals surface area contributed by atoms with Gasteiger partial charge in [-0.1, -0.05) is 37.1 Å². The Balaban J connectivity index is 1.45. The average molecular weight is 406 g/mol. The Bertz CT molecular complexity index is 951. The number of carbonyl (C=O) groups is 2. The molecule has 0 saturated heterocycles. The van der Waals surface area contributed by atoms with Gasteiger partial charge in [0.05, 0.1) is 23.9 Å². The van der Waals surface area contributed by atoms with Crippen LogP contribution in [0.25, 0.3) is 0 Å². The van der Waals surface area contributed by atoms with Gasteiger partial charge in [-0.15, -0.1) is 0 Å². The van der Waals surface area contributed by atoms with E-state index in [2.05, 4.69) is 15.7 Å². The molecule has 1 atom stereocenters. The molecule has 2 aromatic rings. The highest BCUT2D eigenvalue weighted by molar-refractivity contribution is 5.95. The van der Waals surface area contributed by atoms with Gasteiger partial charge in [0.1, 0.15) is 5.82 Å². The van der Waals surface area contributed by atoms with E-state index in [0.29, 0.717) is 29.2 Å². The minimum absolute atomic E-state index is 0.155. The minimum Gasteiger partial charge on any atom is -0.384 e. The van der Waals surface area contributed by atoms with E-state index in [-0.39, 0.29) is 11.9 Å². The molecule has 6 N–H and O–H groups in total. The minimum atomic E-state index is -0.537. The Morgan fingerprint density at radius 3 is 2.50 bits per heavy atom. The number of hydrazine groups is 1. The number of benzene rings is 1. The highest BCUT2D eigenvalue weighted by atomic mass is 16.2. The first-order valence-electron chi connectivity index (χ1n) is 10.2. The van der Waals surface area contributed by atoms with Crippen molar-refractivity contribution in [2.24, 2.45) is 11.5 Å². The first-order valence-corrected chi connectivity index (χ1v) is 10.2. The first-order chi connectivity index (χ1) is 14.5. The van der Waals surface area contributed by atoms with Crippen molar-refractivity contribution in [1.29, 1.82) is 0 Å². The van der Waals surface area contributed by atoms with Crippen molar-refractivity contribution in [3.05, 3.63) is 76.9 Å². The summed E-state index contributed by atoms with van der Waals surface area (Å²) in [5.41, 5.74) is 17.7. The summed E-state index contributed by atoms with van der Waals surface area (Å²) in [6.45, 7) is 0.307. The summed E-state index contributed by atoms with van der Waals surface area (Å²) < 4.78 is 0. The number of carbonyl (C=O) groups excluding carboxylic acids is 2. The van der Waals surface area contributed by atoms with Gasteiger partial charge in [-0.3, -0.25) is 19.6 Å². The van der Waals surface area contributed by atoms with Crippen molar-refractivity contribution in [3.8, 4) is 0 Å². The van der Waals surface area contributed by atoms with Crippen molar-refractivity contribution in [3.63, 3.8) is 0 Å². The lowest BCUT2D eigenvalue weighted by Gasteiger charge is -2.28. The van der Waals surface area contributed by atoms with Gasteiger partial charge in [0.25, 0.3) is 5.91 Å². The number of nitrogens with zero attached hydrogens (tertiary/aromatic N) is 2. The third-order valence-electron chi connectivity index (χ3n) is 5.69. The van der Waals surface area contributed by atoms with E-state index in [1.54, 1.807) is 18.3 Å². The van der Waals surface area contributed by atoms with Crippen molar-refractivity contribution >= 4 is 11.8 Å². The molecule has 1 fully saturated rings. The predicted octanol–water partition coefficient (Wildman–Crippen LogP) is 1.47. The standard InChI is InChI=1S/C22H26N6O2/c23-20-18(21(24)29)19(27-28(20)17-8-4-5-9-17)15-10-11-16(25-12-15)13-26-22(30)14-6-2-1-3-7-14/h1-3,6-7,10-12,17,19,27H,4-5,8-9,13,23H2,(H2,24,29)(H,26,30). The molecule has 1 aliphatic heterocycles. The van der Waals surface area contributed by atoms with Gasteiger partial charge >= 0.3 is 0 Å². The maximum absolute atomic E-state index is 12.2. The molecule has 1 unspecified atom stereocenters. The summed E-state index contributed by atoms with van der Waals surface area (Å²) >= 11 is 0. The van der Waals surface area contributed by atoms with Crippen LogP contribution in [0.15, 0.2) is 60.1 Å². The molecule has 2 aliphatic rings. The van der Waals surface area contributed by atoms with E-state index in [9.17, 15) is 9.59 Å². The summed E-state index contributed by atoms with van der Waals surface area (Å²) in [6.07, 6.45) is 6.06. The van der Waals surface area contributed by atoms with Crippen LogP contribution in [0, 0.1) is 0 Å². The van der Waals surface area contributed by atoms with Gasteiger partial charge < -0.3 is 16.8 Å². The highest BCUT2D eigenvalue weighted by Gasteiger charge is 2.38. The molecule has 0 radical (unpaired) electrons. The van der Waals surface area contributed by atoms with Crippen LogP contribution in [-0.2, 0) is 11.3 Å². The molecule has 0 spiro atoms. The molecular formula is C22H26N6O2. The van der Waals surface area contributed by atoms with Gasteiger partial charge in [0.15, 0.2) is 0 Å². The predicted molar refractivity (Wildman–Crippen MR) is 112 cm³/mol. The number of rotatable bonds is 6. The molecule has 30 heavy (non-hydrogen) atoms. The molecule has 0 bridgehead atoms. The van der Waals surface area contributed by atoms with Crippen molar-refractivity contribution in [1.82, 2.24) is 20.7 Å². The van der Waals surface area contributed by atoms with Crippen LogP contribution in [0.1, 0.15) is 53.3 Å². The van der Waals surface area contributed by atoms with E-state index in [1.807, 2.05) is 35.3 Å². The van der Waals surface area contributed by atoms with Crippen molar-refractivity contribution in [2.45, 2.75) is 44.3 Å². The quantitative estimate of drug-likeness (QED) is 0.575. The fourth-order valence-corrected chi connectivity index (χ4v) is 4.10. The summed E-state index contributed by atoms with van der Waals surface area (Å²) in [6, 6.07) is 12.6. The number of nitrogens with two attached hydrogens (primary N) is 2. The molecule has 1 saturated carbocycles. The van der Waals surface area contributed by atoms with E-state index >= 15 is 0 Å². The Kier molecular flexibility index (Phi) is 5.67. The molecule has 2 heterocycles. The van der Waals surface area contributed by atoms with E-state index in [0.717, 1.165) is 31.2 Å². The zero-order chi connectivity index (χ0) is 21.1. The summed E-state index contributed by atoms with van der Waals surface area (Å²) in [5.74, 6) is -0.291. The van der Waals surface area contributed by atoms with Crippen LogP contribution >= 0.6 is 0 Å². The zero-order valence-corrected chi connectivity index (χ0v) is 16.7. The molecule has 8 heteroatoms. The second-order valence-electron chi connectivity index (χ2n) is 7.67. The highest BCUT2D eigenvalue weighted by Crippen LogP contribution is 2.34. The third kappa shape index (κ3) is 3.99. The lowest BCUT2D eigenvalue weighted by Crippen LogP contribution is -2.42. The normalized spacial score (nSPS) is 19.3. The fourth-order valence-electron chi connectivity index (χ4n) is 4.10. The molecule has 4 rings (SSSR count). The second kappa shape index (κ2) is 8.54. The molecule has 2 amide bonds. The van der Waals surface area contributed by atoms with Crippen LogP contribution < -0.4 is 22.2 Å². The van der Waals surface area contributed by atoms with E-state index < -0.39 is 11.9 Å². The van der Waals surface area contributed by atoms with Gasteiger partial charge in [0, 0.05) is 17.8 Å². The molecule has 156 valence electrons. The zero-order valence-electron chi connectivity index (χ0n) is 16.7. The number of nitrogens with one attached hydrogen (secondary N) is 2. The first kappa shape index (κ1) is 19.9. The number of amides is 2. The van der Waals surface area contributed by atoms with Crippen molar-refractivity contribution in [2.75, 3.05) is 0 Å². The molecule has 1 aromatic heterocycles. The maximum Gasteiger partial charge on any atom is 0.251 e. The molecule has 1 aromatic carbocycles. The number of hydrogen-bond donors (Lipinski definition) is 4. The van der Waals surface area contributed by atoms with Gasteiger partial charge in [-0.05, 0) is 36.6 Å². The second-order valence-corrected chi connectivity index (χ2v) is 7.67. The molecular weight excluding hydrogens is 380 g/mol. The van der Waals surface area contributed by atoms with Crippen LogP contribution in [0.3, 0.4) is 0 Å². The number of aromatic nitrogens is 1. The summed E-state index contributed by atoms with van der Waals surface area (Å²) in [5, 5.41) is 4.75. The number of hydrogen-bond acceptors (Lipinski definition) is 6. The topological polar surface area (TPSA) is 126 Å². The Morgan fingerprint density at radius 1 is 1.13 bits per heavy atom. The van der Waals surface area contributed by atoms with Crippen LogP contribution in [0.4, 0.5) is 0 Å². The van der Waals surface area contributed by atoms with Gasteiger partial charge in [0.2, 0.25) is 5.91 Å². The SMILES string of the molecule is NC(=O)C1=C(N)N(C2CCCC2)NC1c1ccc(CNC(=O)c2ccccc2)nc1. The van der Waals surface area contributed by atoms with E-state index in [4.69, 9.17) is 11.5 Å². The monoisotopic (exact) mass is 406 g/mol. The Hall–Kier alpha value is -3.39.